The normalized spacial score (nSPS) is 11.0. The van der Waals surface area contributed by atoms with Crippen LogP contribution in [-0.2, 0) is 6.42 Å². The van der Waals surface area contributed by atoms with Crippen molar-refractivity contribution < 1.29 is 18.0 Å². The van der Waals surface area contributed by atoms with Crippen LogP contribution in [0.25, 0.3) is 11.0 Å². The fraction of sp³-hybridized carbons (Fsp3) is 0.167. The zero-order valence-electron chi connectivity index (χ0n) is 12.8. The van der Waals surface area contributed by atoms with Crippen molar-refractivity contribution in [2.24, 2.45) is 0 Å². The van der Waals surface area contributed by atoms with Gasteiger partial charge in [0.15, 0.2) is 5.76 Å². The molecule has 1 heterocycles. The lowest BCUT2D eigenvalue weighted by molar-refractivity contribution is 0.0927. The van der Waals surface area contributed by atoms with Gasteiger partial charge in [0.25, 0.3) is 5.91 Å². The van der Waals surface area contributed by atoms with Gasteiger partial charge in [-0.1, -0.05) is 22.0 Å². The monoisotopic (exact) mass is 393 g/mol. The maximum absolute atomic E-state index is 13.6. The van der Waals surface area contributed by atoms with Crippen molar-refractivity contribution in [2.75, 3.05) is 6.54 Å². The first kappa shape index (κ1) is 16.6. The van der Waals surface area contributed by atoms with E-state index in [0.717, 1.165) is 15.4 Å². The van der Waals surface area contributed by atoms with E-state index in [1.807, 2.05) is 12.1 Å². The maximum atomic E-state index is 13.6. The van der Waals surface area contributed by atoms with Gasteiger partial charge in [0.2, 0.25) is 0 Å². The quantitative estimate of drug-likeness (QED) is 0.694. The number of nitrogens with one attached hydrogen (secondary N) is 1. The van der Waals surface area contributed by atoms with Crippen LogP contribution >= 0.6 is 15.9 Å². The third kappa shape index (κ3) is 3.19. The molecule has 0 bridgehead atoms. The predicted molar refractivity (Wildman–Crippen MR) is 91.0 cm³/mol. The molecular formula is C18H14BrF2NO2. The molecule has 1 amide bonds. The molecule has 3 aromatic rings. The SMILES string of the molecule is Cc1c(C(=O)NCCc2c(F)cccc2F)oc2ccc(Br)cc12. The van der Waals surface area contributed by atoms with Gasteiger partial charge in [-0.2, -0.15) is 0 Å². The molecule has 0 aliphatic heterocycles. The molecule has 3 rings (SSSR count). The number of amides is 1. The number of halogens is 3. The second kappa shape index (κ2) is 6.73. The first-order valence-electron chi connectivity index (χ1n) is 7.37. The second-order valence-electron chi connectivity index (χ2n) is 5.40. The Hall–Kier alpha value is -2.21. The van der Waals surface area contributed by atoms with Crippen LogP contribution in [0.1, 0.15) is 21.7 Å². The van der Waals surface area contributed by atoms with Gasteiger partial charge in [-0.3, -0.25) is 4.79 Å². The van der Waals surface area contributed by atoms with Gasteiger partial charge in [0.05, 0.1) is 0 Å². The van der Waals surface area contributed by atoms with Crippen LogP contribution in [0.3, 0.4) is 0 Å². The van der Waals surface area contributed by atoms with E-state index < -0.39 is 17.5 Å². The molecule has 0 aliphatic rings. The van der Waals surface area contributed by atoms with E-state index in [4.69, 9.17) is 4.42 Å². The van der Waals surface area contributed by atoms with Gasteiger partial charge in [0.1, 0.15) is 17.2 Å². The third-order valence-corrected chi connectivity index (χ3v) is 4.32. The fourth-order valence-corrected chi connectivity index (χ4v) is 2.92. The van der Waals surface area contributed by atoms with Gasteiger partial charge in [-0.05, 0) is 43.7 Å². The van der Waals surface area contributed by atoms with E-state index >= 15 is 0 Å². The molecule has 3 nitrogen and oxygen atoms in total. The summed E-state index contributed by atoms with van der Waals surface area (Å²) < 4.78 is 33.6. The van der Waals surface area contributed by atoms with Crippen molar-refractivity contribution in [3.8, 4) is 0 Å². The van der Waals surface area contributed by atoms with Gasteiger partial charge < -0.3 is 9.73 Å². The minimum atomic E-state index is -0.617. The predicted octanol–water partition coefficient (Wildman–Crippen LogP) is 4.75. The Labute approximate surface area is 145 Å². The number of benzene rings is 2. The lowest BCUT2D eigenvalue weighted by Gasteiger charge is -2.06. The lowest BCUT2D eigenvalue weighted by Crippen LogP contribution is -2.26. The van der Waals surface area contributed by atoms with Crippen molar-refractivity contribution in [3.05, 3.63) is 69.4 Å². The number of hydrogen-bond donors (Lipinski definition) is 1. The lowest BCUT2D eigenvalue weighted by atomic mass is 10.1. The highest BCUT2D eigenvalue weighted by molar-refractivity contribution is 9.10. The van der Waals surface area contributed by atoms with E-state index in [-0.39, 0.29) is 24.3 Å². The summed E-state index contributed by atoms with van der Waals surface area (Å²) in [6, 6.07) is 9.18. The summed E-state index contributed by atoms with van der Waals surface area (Å²) >= 11 is 3.38. The summed E-state index contributed by atoms with van der Waals surface area (Å²) in [4.78, 5) is 12.3. The number of aryl methyl sites for hydroxylation is 1. The summed E-state index contributed by atoms with van der Waals surface area (Å²) in [5.41, 5.74) is 1.30. The van der Waals surface area contributed by atoms with Crippen molar-refractivity contribution in [2.45, 2.75) is 13.3 Å². The van der Waals surface area contributed by atoms with Gasteiger partial charge >= 0.3 is 0 Å². The molecule has 24 heavy (non-hydrogen) atoms. The summed E-state index contributed by atoms with van der Waals surface area (Å²) in [5, 5.41) is 3.48. The topological polar surface area (TPSA) is 42.2 Å². The zero-order valence-corrected chi connectivity index (χ0v) is 14.4. The Bertz CT molecular complexity index is 901. The van der Waals surface area contributed by atoms with Crippen molar-refractivity contribution in [3.63, 3.8) is 0 Å². The van der Waals surface area contributed by atoms with Crippen LogP contribution in [0.2, 0.25) is 0 Å². The first-order chi connectivity index (χ1) is 11.5. The highest BCUT2D eigenvalue weighted by Gasteiger charge is 2.18. The molecule has 6 heteroatoms. The zero-order chi connectivity index (χ0) is 17.3. The van der Waals surface area contributed by atoms with Gasteiger partial charge in [-0.15, -0.1) is 0 Å². The van der Waals surface area contributed by atoms with Crippen molar-refractivity contribution in [1.82, 2.24) is 5.32 Å². The number of carbonyl (C=O) groups excluding carboxylic acids is 1. The van der Waals surface area contributed by atoms with Crippen molar-refractivity contribution in [1.29, 1.82) is 0 Å². The minimum absolute atomic E-state index is 0.0388. The first-order valence-corrected chi connectivity index (χ1v) is 8.16. The van der Waals surface area contributed by atoms with Gasteiger partial charge in [-0.25, -0.2) is 8.78 Å². The van der Waals surface area contributed by atoms with Crippen LogP contribution < -0.4 is 5.32 Å². The molecule has 0 saturated carbocycles. The Morgan fingerprint density at radius 2 is 1.92 bits per heavy atom. The van der Waals surface area contributed by atoms with E-state index in [9.17, 15) is 13.6 Å². The highest BCUT2D eigenvalue weighted by atomic mass is 79.9. The molecule has 0 aliphatic carbocycles. The molecular weight excluding hydrogens is 380 g/mol. The van der Waals surface area contributed by atoms with Crippen LogP contribution in [0, 0.1) is 18.6 Å². The molecule has 0 unspecified atom stereocenters. The Morgan fingerprint density at radius 3 is 2.62 bits per heavy atom. The molecule has 1 N–H and O–H groups in total. The molecule has 0 atom stereocenters. The number of hydrogen-bond acceptors (Lipinski definition) is 2. The van der Waals surface area contributed by atoms with E-state index in [1.165, 1.54) is 18.2 Å². The fourth-order valence-electron chi connectivity index (χ4n) is 2.56. The summed E-state index contributed by atoms with van der Waals surface area (Å²) in [5.74, 6) is -1.43. The Kier molecular flexibility index (Phi) is 4.66. The van der Waals surface area contributed by atoms with Crippen molar-refractivity contribution >= 4 is 32.8 Å². The highest BCUT2D eigenvalue weighted by Crippen LogP contribution is 2.28. The van der Waals surface area contributed by atoms with E-state index in [2.05, 4.69) is 21.2 Å². The third-order valence-electron chi connectivity index (χ3n) is 3.83. The molecule has 1 aromatic heterocycles. The average molecular weight is 394 g/mol. The Morgan fingerprint density at radius 1 is 1.21 bits per heavy atom. The number of furan rings is 1. The van der Waals surface area contributed by atoms with Crippen LogP contribution in [0.4, 0.5) is 8.78 Å². The number of fused-ring (bicyclic) bond motifs is 1. The molecule has 0 spiro atoms. The summed E-state index contributed by atoms with van der Waals surface area (Å²) in [6.07, 6.45) is 0.0646. The smallest absolute Gasteiger partial charge is 0.287 e. The summed E-state index contributed by atoms with van der Waals surface area (Å²) in [7, 11) is 0. The van der Waals surface area contributed by atoms with Crippen LogP contribution in [0.15, 0.2) is 45.3 Å². The number of rotatable bonds is 4. The molecule has 0 saturated heterocycles. The molecule has 0 fully saturated rings. The van der Waals surface area contributed by atoms with E-state index in [1.54, 1.807) is 13.0 Å². The molecule has 124 valence electrons. The minimum Gasteiger partial charge on any atom is -0.451 e. The number of carbonyl (C=O) groups is 1. The molecule has 2 aromatic carbocycles. The summed E-state index contributed by atoms with van der Waals surface area (Å²) in [6.45, 7) is 1.90. The molecule has 0 radical (unpaired) electrons. The Balaban J connectivity index is 1.73. The van der Waals surface area contributed by atoms with Crippen LogP contribution in [0.5, 0.6) is 0 Å². The second-order valence-corrected chi connectivity index (χ2v) is 6.32. The standard InChI is InChI=1S/C18H14BrF2NO2/c1-10-13-9-11(19)5-6-16(13)24-17(10)18(23)22-8-7-12-14(20)3-2-4-15(12)21/h2-6,9H,7-8H2,1H3,(H,22,23). The van der Waals surface area contributed by atoms with Gasteiger partial charge in [0, 0.05) is 27.5 Å². The maximum Gasteiger partial charge on any atom is 0.287 e. The van der Waals surface area contributed by atoms with E-state index in [0.29, 0.717) is 5.58 Å². The van der Waals surface area contributed by atoms with Crippen LogP contribution in [-0.4, -0.2) is 12.5 Å². The average Bonchev–Trinajstić information content (AvgIpc) is 2.87. The largest absolute Gasteiger partial charge is 0.451 e.